The molecule has 0 amide bonds. The van der Waals surface area contributed by atoms with Crippen LogP contribution >= 0.6 is 11.6 Å². The zero-order valence-electron chi connectivity index (χ0n) is 16.4. The maximum atomic E-state index is 5.87. The Hall–Kier alpha value is -2.37. The highest BCUT2D eigenvalue weighted by Gasteiger charge is 2.19. The number of aromatic nitrogens is 3. The number of benzene rings is 1. The lowest BCUT2D eigenvalue weighted by Crippen LogP contribution is -2.49. The highest BCUT2D eigenvalue weighted by Crippen LogP contribution is 2.25. The van der Waals surface area contributed by atoms with Crippen LogP contribution in [0.25, 0.3) is 22.5 Å². The summed E-state index contributed by atoms with van der Waals surface area (Å²) < 4.78 is 0. The Labute approximate surface area is 171 Å². The van der Waals surface area contributed by atoms with E-state index in [0.717, 1.165) is 60.1 Å². The first-order chi connectivity index (χ1) is 13.6. The van der Waals surface area contributed by atoms with Crippen molar-refractivity contribution in [3.8, 4) is 22.5 Å². The van der Waals surface area contributed by atoms with Crippen molar-refractivity contribution in [3.63, 3.8) is 0 Å². The van der Waals surface area contributed by atoms with Crippen LogP contribution < -0.4 is 4.90 Å². The molecule has 6 heteroatoms. The molecule has 0 saturated carbocycles. The number of nitrogens with one attached hydrogen (secondary N) is 1. The van der Waals surface area contributed by atoms with Gasteiger partial charge < -0.3 is 4.90 Å². The molecule has 5 nitrogen and oxygen atoms in total. The molecule has 0 aliphatic carbocycles. The third kappa shape index (κ3) is 4.05. The minimum atomic E-state index is 0.527. The highest BCUT2D eigenvalue weighted by atomic mass is 35.5. The van der Waals surface area contributed by atoms with Crippen LogP contribution in [0.5, 0.6) is 0 Å². The minimum Gasteiger partial charge on any atom is -0.354 e. The first-order valence-electron chi connectivity index (χ1n) is 9.80. The molecule has 0 atom stereocenters. The van der Waals surface area contributed by atoms with Crippen molar-refractivity contribution >= 4 is 17.4 Å². The number of aromatic amines is 1. The Morgan fingerprint density at radius 3 is 2.32 bits per heavy atom. The van der Waals surface area contributed by atoms with Gasteiger partial charge in [0, 0.05) is 49.9 Å². The lowest BCUT2D eigenvalue weighted by Gasteiger charge is -2.37. The second kappa shape index (κ2) is 8.33. The molecule has 28 heavy (non-hydrogen) atoms. The lowest BCUT2D eigenvalue weighted by atomic mass is 10.1. The summed E-state index contributed by atoms with van der Waals surface area (Å²) in [7, 11) is 0. The first kappa shape index (κ1) is 19.0. The number of hydrogen-bond donors (Lipinski definition) is 1. The average molecular weight is 396 g/mol. The van der Waals surface area contributed by atoms with Gasteiger partial charge in [-0.2, -0.15) is 5.10 Å². The monoisotopic (exact) mass is 395 g/mol. The molecule has 0 unspecified atom stereocenters. The number of halogens is 1. The number of hydrogen-bond acceptors (Lipinski definition) is 4. The molecule has 1 aliphatic rings. The molecule has 0 spiro atoms. The Kier molecular flexibility index (Phi) is 5.64. The Balaban J connectivity index is 1.45. The second-order valence-electron chi connectivity index (χ2n) is 7.52. The van der Waals surface area contributed by atoms with Crippen LogP contribution in [0.2, 0.25) is 0 Å². The third-order valence-corrected chi connectivity index (χ3v) is 5.72. The molecule has 2 aromatic heterocycles. The van der Waals surface area contributed by atoms with Gasteiger partial charge in [-0.3, -0.25) is 10.00 Å². The van der Waals surface area contributed by atoms with Crippen molar-refractivity contribution in [3.05, 3.63) is 54.2 Å². The number of piperazine rings is 1. The van der Waals surface area contributed by atoms with E-state index in [9.17, 15) is 0 Å². The number of nitrogens with zero attached hydrogens (tertiary/aromatic N) is 4. The van der Waals surface area contributed by atoms with Crippen molar-refractivity contribution in [1.82, 2.24) is 20.1 Å². The number of anilines is 1. The van der Waals surface area contributed by atoms with Crippen molar-refractivity contribution in [2.45, 2.75) is 25.8 Å². The maximum absolute atomic E-state index is 5.87. The van der Waals surface area contributed by atoms with Gasteiger partial charge in [0.2, 0.25) is 0 Å². The predicted molar refractivity (Wildman–Crippen MR) is 116 cm³/mol. The van der Waals surface area contributed by atoms with Crippen molar-refractivity contribution in [2.75, 3.05) is 31.1 Å². The fourth-order valence-corrected chi connectivity index (χ4v) is 3.76. The topological polar surface area (TPSA) is 48.0 Å². The van der Waals surface area contributed by atoms with Gasteiger partial charge in [0.05, 0.1) is 11.4 Å². The molecule has 146 valence electrons. The van der Waals surface area contributed by atoms with Crippen LogP contribution in [0, 0.1) is 0 Å². The van der Waals surface area contributed by atoms with Gasteiger partial charge >= 0.3 is 0 Å². The molecule has 0 radical (unpaired) electrons. The van der Waals surface area contributed by atoms with Crippen LogP contribution in [0.1, 0.15) is 19.4 Å². The Morgan fingerprint density at radius 2 is 1.71 bits per heavy atom. The van der Waals surface area contributed by atoms with Gasteiger partial charge in [-0.1, -0.05) is 24.3 Å². The van der Waals surface area contributed by atoms with E-state index in [1.54, 1.807) is 0 Å². The van der Waals surface area contributed by atoms with Crippen LogP contribution in [-0.4, -0.2) is 52.3 Å². The molecule has 1 saturated heterocycles. The SMILES string of the molecule is CC(C)N1CCN(c2ccc(-c3cc(-c4ccc(CCl)cc4)[nH]n3)cn2)CC1. The second-order valence-corrected chi connectivity index (χ2v) is 7.79. The molecular formula is C22H26ClN5. The van der Waals surface area contributed by atoms with Gasteiger partial charge in [0.1, 0.15) is 5.82 Å². The van der Waals surface area contributed by atoms with Crippen molar-refractivity contribution in [1.29, 1.82) is 0 Å². The van der Waals surface area contributed by atoms with Crippen LogP contribution in [0.15, 0.2) is 48.7 Å². The van der Waals surface area contributed by atoms with E-state index in [4.69, 9.17) is 16.6 Å². The minimum absolute atomic E-state index is 0.527. The summed E-state index contributed by atoms with van der Waals surface area (Å²) in [6.45, 7) is 8.74. The summed E-state index contributed by atoms with van der Waals surface area (Å²) in [5.41, 5.74) is 5.12. The number of alkyl halides is 1. The standard InChI is InChI=1S/C22H26ClN5/c1-16(2)27-9-11-28(12-10-27)22-8-7-19(15-24-22)21-13-20(25-26-21)18-5-3-17(14-23)4-6-18/h3-8,13,15-16H,9-12,14H2,1-2H3,(H,25,26). The van der Waals surface area contributed by atoms with Crippen LogP contribution in [0.4, 0.5) is 5.82 Å². The zero-order valence-corrected chi connectivity index (χ0v) is 17.2. The molecule has 4 rings (SSSR count). The summed E-state index contributed by atoms with van der Waals surface area (Å²) in [6, 6.07) is 15.1. The summed E-state index contributed by atoms with van der Waals surface area (Å²) in [5.74, 6) is 1.57. The zero-order chi connectivity index (χ0) is 19.5. The van der Waals surface area contributed by atoms with Gasteiger partial charge in [0.25, 0.3) is 0 Å². The smallest absolute Gasteiger partial charge is 0.128 e. The fourth-order valence-electron chi connectivity index (χ4n) is 3.58. The van der Waals surface area contributed by atoms with Gasteiger partial charge in [-0.15, -0.1) is 11.6 Å². The summed E-state index contributed by atoms with van der Waals surface area (Å²) in [4.78, 5) is 9.56. The Morgan fingerprint density at radius 1 is 1.00 bits per heavy atom. The van der Waals surface area contributed by atoms with Gasteiger partial charge in [0.15, 0.2) is 0 Å². The van der Waals surface area contributed by atoms with Gasteiger partial charge in [-0.05, 0) is 43.2 Å². The van der Waals surface area contributed by atoms with E-state index in [0.29, 0.717) is 11.9 Å². The van der Waals surface area contributed by atoms with Crippen molar-refractivity contribution in [2.24, 2.45) is 0 Å². The van der Waals surface area contributed by atoms with E-state index in [1.807, 2.05) is 18.3 Å². The lowest BCUT2D eigenvalue weighted by molar-refractivity contribution is 0.209. The quantitative estimate of drug-likeness (QED) is 0.650. The van der Waals surface area contributed by atoms with E-state index in [2.05, 4.69) is 64.2 Å². The van der Waals surface area contributed by atoms with Crippen molar-refractivity contribution < 1.29 is 0 Å². The van der Waals surface area contributed by atoms with E-state index < -0.39 is 0 Å². The predicted octanol–water partition coefficient (Wildman–Crippen LogP) is 4.41. The molecule has 1 fully saturated rings. The molecule has 0 bridgehead atoms. The molecule has 1 aromatic carbocycles. The summed E-state index contributed by atoms with van der Waals surface area (Å²) >= 11 is 5.87. The Bertz CT molecular complexity index is 893. The van der Waals surface area contributed by atoms with E-state index in [1.165, 1.54) is 0 Å². The number of H-pyrrole nitrogens is 1. The first-order valence-corrected chi connectivity index (χ1v) is 10.3. The van der Waals surface area contributed by atoms with Gasteiger partial charge in [-0.25, -0.2) is 4.98 Å². The molecule has 3 heterocycles. The molecule has 1 N–H and O–H groups in total. The summed E-state index contributed by atoms with van der Waals surface area (Å²) in [6.07, 6.45) is 1.92. The largest absolute Gasteiger partial charge is 0.354 e. The molecule has 1 aliphatic heterocycles. The number of rotatable bonds is 5. The average Bonchev–Trinajstić information content (AvgIpc) is 3.24. The number of pyridine rings is 1. The highest BCUT2D eigenvalue weighted by molar-refractivity contribution is 6.17. The van der Waals surface area contributed by atoms with Crippen LogP contribution in [0.3, 0.4) is 0 Å². The van der Waals surface area contributed by atoms with Crippen LogP contribution in [-0.2, 0) is 5.88 Å². The normalized spacial score (nSPS) is 15.4. The summed E-state index contributed by atoms with van der Waals surface area (Å²) in [5, 5.41) is 7.59. The van der Waals surface area contributed by atoms with E-state index >= 15 is 0 Å². The molecule has 3 aromatic rings. The third-order valence-electron chi connectivity index (χ3n) is 5.41. The maximum Gasteiger partial charge on any atom is 0.128 e. The fraction of sp³-hybridized carbons (Fsp3) is 0.364. The molecular weight excluding hydrogens is 370 g/mol. The van der Waals surface area contributed by atoms with E-state index in [-0.39, 0.29) is 0 Å².